The first-order chi connectivity index (χ1) is 6.81. The van der Waals surface area contributed by atoms with E-state index in [1.165, 1.54) is 14.2 Å². The molecule has 0 spiro atoms. The molecule has 0 bridgehead atoms. The highest BCUT2D eigenvalue weighted by atomic mass is 16.5. The normalized spacial score (nSPS) is 8.07. The first kappa shape index (κ1) is 9.88. The Morgan fingerprint density at radius 1 is 1.29 bits per heavy atom. The number of ether oxygens (including phenoxy) is 2. The molecule has 0 saturated heterocycles. The lowest BCUT2D eigenvalue weighted by molar-refractivity contribution is 0.364. The third-order valence-corrected chi connectivity index (χ3v) is 1.49. The minimum Gasteiger partial charge on any atom is -0.481 e. The Morgan fingerprint density at radius 3 is 2.64 bits per heavy atom. The van der Waals surface area contributed by atoms with Gasteiger partial charge in [-0.2, -0.15) is 10.2 Å². The first-order valence-corrected chi connectivity index (χ1v) is 3.81. The molecule has 1 aromatic rings. The second-order valence-electron chi connectivity index (χ2n) is 2.27. The van der Waals surface area contributed by atoms with Crippen LogP contribution in [0.1, 0.15) is 5.56 Å². The van der Waals surface area contributed by atoms with Crippen LogP contribution in [-0.2, 0) is 0 Å². The predicted molar refractivity (Wildman–Crippen MR) is 49.8 cm³/mol. The molecule has 0 atom stereocenters. The third kappa shape index (κ3) is 2.15. The van der Waals surface area contributed by atoms with E-state index in [-0.39, 0.29) is 0 Å². The molecule has 0 fully saturated rings. The molecule has 14 heavy (non-hydrogen) atoms. The van der Waals surface area contributed by atoms with Crippen LogP contribution in [0.15, 0.2) is 12.1 Å². The van der Waals surface area contributed by atoms with E-state index in [9.17, 15) is 0 Å². The van der Waals surface area contributed by atoms with Crippen LogP contribution >= 0.6 is 0 Å². The highest BCUT2D eigenvalue weighted by Crippen LogP contribution is 2.18. The van der Waals surface area contributed by atoms with E-state index in [4.69, 9.17) is 14.7 Å². The number of nitrogens with zero attached hydrogens (tertiary/aromatic N) is 2. The van der Waals surface area contributed by atoms with Crippen molar-refractivity contribution < 1.29 is 9.47 Å². The Hall–Kier alpha value is -2.20. The Balaban J connectivity index is 3.13. The van der Waals surface area contributed by atoms with Crippen molar-refractivity contribution in [1.29, 1.82) is 5.26 Å². The molecule has 0 radical (unpaired) electrons. The lowest BCUT2D eigenvalue weighted by atomic mass is 10.3. The summed E-state index contributed by atoms with van der Waals surface area (Å²) in [6, 6.07) is 5.07. The Morgan fingerprint density at radius 2 is 2.07 bits per heavy atom. The third-order valence-electron chi connectivity index (χ3n) is 1.49. The van der Waals surface area contributed by atoms with Crippen molar-refractivity contribution in [2.24, 2.45) is 0 Å². The molecule has 0 aliphatic heterocycles. The highest BCUT2D eigenvalue weighted by Gasteiger charge is 2.03. The monoisotopic (exact) mass is 188 g/mol. The zero-order valence-electron chi connectivity index (χ0n) is 7.87. The molecule has 4 heteroatoms. The van der Waals surface area contributed by atoms with Gasteiger partial charge in [0.15, 0.2) is 6.07 Å². The van der Waals surface area contributed by atoms with Crippen molar-refractivity contribution in [2.75, 3.05) is 14.2 Å². The van der Waals surface area contributed by atoms with Crippen LogP contribution in [-0.4, -0.2) is 19.2 Å². The lowest BCUT2D eigenvalue weighted by Crippen LogP contribution is -1.94. The number of hydrogen-bond donors (Lipinski definition) is 0. The summed E-state index contributed by atoms with van der Waals surface area (Å²) in [5.41, 5.74) is 0.565. The average Bonchev–Trinajstić information content (AvgIpc) is 2.26. The van der Waals surface area contributed by atoms with E-state index in [0.717, 1.165) is 0 Å². The fraction of sp³-hybridized carbons (Fsp3) is 0.200. The molecular weight excluding hydrogens is 180 g/mol. The minimum absolute atomic E-state index is 0.354. The van der Waals surface area contributed by atoms with Gasteiger partial charge < -0.3 is 9.47 Å². The van der Waals surface area contributed by atoms with Gasteiger partial charge in [-0.25, -0.2) is 0 Å². The zero-order valence-corrected chi connectivity index (χ0v) is 7.87. The molecule has 0 aromatic carbocycles. The average molecular weight is 188 g/mol. The van der Waals surface area contributed by atoms with Crippen molar-refractivity contribution in [3.8, 4) is 29.7 Å². The Labute approximate surface area is 82.1 Å². The maximum absolute atomic E-state index is 8.28. The molecular formula is C10H8N2O2. The molecule has 0 N–H and O–H groups in total. The fourth-order valence-corrected chi connectivity index (χ4v) is 0.883. The largest absolute Gasteiger partial charge is 0.481 e. The summed E-state index contributed by atoms with van der Waals surface area (Å²) in [6.07, 6.45) is 0. The summed E-state index contributed by atoms with van der Waals surface area (Å²) in [4.78, 5) is 4.01. The van der Waals surface area contributed by atoms with Gasteiger partial charge in [-0.15, -0.1) is 0 Å². The number of rotatable bonds is 2. The number of methoxy groups -OCH3 is 2. The maximum Gasteiger partial charge on any atom is 0.232 e. The summed E-state index contributed by atoms with van der Waals surface area (Å²) in [7, 11) is 3.00. The summed E-state index contributed by atoms with van der Waals surface area (Å²) in [5, 5.41) is 8.28. The van der Waals surface area contributed by atoms with Gasteiger partial charge in [-0.05, 0) is 12.0 Å². The van der Waals surface area contributed by atoms with E-state index in [2.05, 4.69) is 16.8 Å². The molecule has 1 aromatic heterocycles. The summed E-state index contributed by atoms with van der Waals surface area (Å²) >= 11 is 0. The molecule has 4 nitrogen and oxygen atoms in total. The zero-order chi connectivity index (χ0) is 10.4. The number of pyridine rings is 1. The summed E-state index contributed by atoms with van der Waals surface area (Å²) < 4.78 is 9.89. The second kappa shape index (κ2) is 4.74. The smallest absolute Gasteiger partial charge is 0.232 e. The fourth-order valence-electron chi connectivity index (χ4n) is 0.883. The van der Waals surface area contributed by atoms with E-state index in [1.54, 1.807) is 18.2 Å². The van der Waals surface area contributed by atoms with E-state index < -0.39 is 0 Å². The summed E-state index contributed by atoms with van der Waals surface area (Å²) in [6.45, 7) is 0. The molecule has 1 rings (SSSR count). The molecule has 0 saturated carbocycles. The van der Waals surface area contributed by atoms with Crippen LogP contribution in [0.5, 0.6) is 11.8 Å². The number of hydrogen-bond acceptors (Lipinski definition) is 4. The minimum atomic E-state index is 0.354. The van der Waals surface area contributed by atoms with Crippen LogP contribution in [0.3, 0.4) is 0 Å². The van der Waals surface area contributed by atoms with Crippen LogP contribution < -0.4 is 9.47 Å². The molecule has 0 aliphatic rings. The predicted octanol–water partition coefficient (Wildman–Crippen LogP) is 0.974. The van der Waals surface area contributed by atoms with Crippen LogP contribution in [0, 0.1) is 23.2 Å². The Kier molecular flexibility index (Phi) is 3.34. The van der Waals surface area contributed by atoms with Gasteiger partial charge in [0, 0.05) is 12.0 Å². The van der Waals surface area contributed by atoms with Gasteiger partial charge in [0.05, 0.1) is 19.8 Å². The first-order valence-electron chi connectivity index (χ1n) is 3.81. The van der Waals surface area contributed by atoms with Gasteiger partial charge in [-0.3, -0.25) is 0 Å². The van der Waals surface area contributed by atoms with Gasteiger partial charge in [0.2, 0.25) is 11.8 Å². The van der Waals surface area contributed by atoms with Gasteiger partial charge >= 0.3 is 0 Å². The van der Waals surface area contributed by atoms with Crippen molar-refractivity contribution >= 4 is 0 Å². The topological polar surface area (TPSA) is 55.1 Å². The van der Waals surface area contributed by atoms with Gasteiger partial charge in [0.25, 0.3) is 0 Å². The Bertz CT molecular complexity index is 424. The SMILES string of the molecule is COc1ccc(C#CC#N)c(OC)n1. The van der Waals surface area contributed by atoms with Crippen molar-refractivity contribution in [1.82, 2.24) is 4.98 Å². The molecule has 0 amide bonds. The second-order valence-corrected chi connectivity index (χ2v) is 2.27. The van der Waals surface area contributed by atoms with Crippen molar-refractivity contribution in [2.45, 2.75) is 0 Å². The number of nitriles is 1. The van der Waals surface area contributed by atoms with Gasteiger partial charge in [0.1, 0.15) is 0 Å². The maximum atomic E-state index is 8.28. The molecule has 1 heterocycles. The van der Waals surface area contributed by atoms with Crippen molar-refractivity contribution in [3.63, 3.8) is 0 Å². The van der Waals surface area contributed by atoms with Crippen LogP contribution in [0.4, 0.5) is 0 Å². The van der Waals surface area contributed by atoms with Crippen LogP contribution in [0.25, 0.3) is 0 Å². The van der Waals surface area contributed by atoms with E-state index in [0.29, 0.717) is 17.3 Å². The summed E-state index contributed by atoms with van der Waals surface area (Å²) in [5.74, 6) is 5.68. The quantitative estimate of drug-likeness (QED) is 0.649. The van der Waals surface area contributed by atoms with E-state index in [1.807, 2.05) is 0 Å². The standard InChI is InChI=1S/C10H8N2O2/c1-13-9-6-5-8(4-3-7-11)10(12-9)14-2/h5-6H,1-2H3. The van der Waals surface area contributed by atoms with E-state index >= 15 is 0 Å². The van der Waals surface area contributed by atoms with Gasteiger partial charge in [-0.1, -0.05) is 0 Å². The van der Waals surface area contributed by atoms with Crippen molar-refractivity contribution in [3.05, 3.63) is 17.7 Å². The highest BCUT2D eigenvalue weighted by molar-refractivity contribution is 5.45. The molecule has 0 unspecified atom stereocenters. The molecule has 0 aliphatic carbocycles. The number of aromatic nitrogens is 1. The van der Waals surface area contributed by atoms with Crippen LogP contribution in [0.2, 0.25) is 0 Å². The molecule has 70 valence electrons. The lowest BCUT2D eigenvalue weighted by Gasteiger charge is -2.03.